The van der Waals surface area contributed by atoms with Crippen molar-refractivity contribution in [2.45, 2.75) is 11.4 Å². The maximum absolute atomic E-state index is 12.9. The van der Waals surface area contributed by atoms with E-state index in [2.05, 4.69) is 5.32 Å². The number of fused-ring (bicyclic) bond motifs is 1. The standard InChI is InChI=1S/C16H16FNO2S/c1-21-16-9-15-14(19-6-7-20-15)8-11(16)10-18-13-4-2-12(17)3-5-13/h2-5,8-9,18H,6-7,10H2,1H3. The third kappa shape index (κ3) is 3.24. The van der Waals surface area contributed by atoms with Gasteiger partial charge in [0.2, 0.25) is 0 Å². The van der Waals surface area contributed by atoms with Gasteiger partial charge in [-0.1, -0.05) is 0 Å². The minimum atomic E-state index is -0.232. The van der Waals surface area contributed by atoms with Gasteiger partial charge >= 0.3 is 0 Å². The summed E-state index contributed by atoms with van der Waals surface area (Å²) < 4.78 is 24.1. The van der Waals surface area contributed by atoms with Crippen molar-refractivity contribution >= 4 is 17.4 Å². The van der Waals surface area contributed by atoms with Gasteiger partial charge < -0.3 is 14.8 Å². The van der Waals surface area contributed by atoms with Gasteiger partial charge in [-0.25, -0.2) is 4.39 Å². The van der Waals surface area contributed by atoms with Crippen molar-refractivity contribution in [3.63, 3.8) is 0 Å². The third-order valence-electron chi connectivity index (χ3n) is 3.27. The average molecular weight is 305 g/mol. The van der Waals surface area contributed by atoms with Crippen LogP contribution in [0.15, 0.2) is 41.3 Å². The van der Waals surface area contributed by atoms with E-state index in [-0.39, 0.29) is 5.82 Å². The molecule has 0 saturated heterocycles. The summed E-state index contributed by atoms with van der Waals surface area (Å²) in [6.45, 7) is 1.82. The normalized spacial score (nSPS) is 13.0. The van der Waals surface area contributed by atoms with E-state index in [9.17, 15) is 4.39 Å². The molecule has 2 aromatic carbocycles. The van der Waals surface area contributed by atoms with Crippen LogP contribution in [-0.2, 0) is 6.54 Å². The molecule has 3 nitrogen and oxygen atoms in total. The molecular weight excluding hydrogens is 289 g/mol. The summed E-state index contributed by atoms with van der Waals surface area (Å²) in [7, 11) is 0. The van der Waals surface area contributed by atoms with Crippen molar-refractivity contribution in [2.24, 2.45) is 0 Å². The summed E-state index contributed by atoms with van der Waals surface area (Å²) in [5, 5.41) is 3.29. The Balaban J connectivity index is 1.79. The summed E-state index contributed by atoms with van der Waals surface area (Å²) in [6, 6.07) is 10.4. The van der Waals surface area contributed by atoms with Gasteiger partial charge in [-0.2, -0.15) is 0 Å². The first-order valence-corrected chi connectivity index (χ1v) is 7.94. The zero-order valence-electron chi connectivity index (χ0n) is 11.7. The van der Waals surface area contributed by atoms with Crippen LogP contribution in [0.5, 0.6) is 11.5 Å². The molecule has 0 aromatic heterocycles. The van der Waals surface area contributed by atoms with Crippen LogP contribution in [0.25, 0.3) is 0 Å². The Labute approximate surface area is 127 Å². The Bertz CT molecular complexity index is 631. The van der Waals surface area contributed by atoms with E-state index in [1.54, 1.807) is 23.9 Å². The van der Waals surface area contributed by atoms with Gasteiger partial charge in [-0.3, -0.25) is 0 Å². The highest BCUT2D eigenvalue weighted by Gasteiger charge is 2.15. The van der Waals surface area contributed by atoms with Crippen LogP contribution < -0.4 is 14.8 Å². The molecule has 0 fully saturated rings. The second kappa shape index (κ2) is 6.26. The number of ether oxygens (including phenoxy) is 2. The second-order valence-electron chi connectivity index (χ2n) is 4.67. The number of halogens is 1. The average Bonchev–Trinajstić information content (AvgIpc) is 2.53. The van der Waals surface area contributed by atoms with Gasteiger partial charge in [0.1, 0.15) is 19.0 Å². The molecule has 2 aromatic rings. The first kappa shape index (κ1) is 14.1. The lowest BCUT2D eigenvalue weighted by Crippen LogP contribution is -2.16. The molecule has 21 heavy (non-hydrogen) atoms. The summed E-state index contributed by atoms with van der Waals surface area (Å²) >= 11 is 1.67. The Kier molecular flexibility index (Phi) is 4.20. The lowest BCUT2D eigenvalue weighted by Gasteiger charge is -2.21. The zero-order chi connectivity index (χ0) is 14.7. The van der Waals surface area contributed by atoms with Crippen LogP contribution in [0.2, 0.25) is 0 Å². The Hall–Kier alpha value is -1.88. The zero-order valence-corrected chi connectivity index (χ0v) is 12.5. The first-order chi connectivity index (χ1) is 10.3. The lowest BCUT2D eigenvalue weighted by atomic mass is 10.2. The van der Waals surface area contributed by atoms with Crippen LogP contribution in [-0.4, -0.2) is 19.5 Å². The van der Waals surface area contributed by atoms with Crippen molar-refractivity contribution in [3.8, 4) is 11.5 Å². The van der Waals surface area contributed by atoms with Crippen LogP contribution in [0.4, 0.5) is 10.1 Å². The van der Waals surface area contributed by atoms with Crippen molar-refractivity contribution < 1.29 is 13.9 Å². The highest BCUT2D eigenvalue weighted by Crippen LogP contribution is 2.36. The third-order valence-corrected chi connectivity index (χ3v) is 4.09. The minimum absolute atomic E-state index is 0.232. The van der Waals surface area contributed by atoms with Gasteiger partial charge in [0, 0.05) is 17.1 Å². The van der Waals surface area contributed by atoms with Crippen molar-refractivity contribution in [2.75, 3.05) is 24.8 Å². The van der Waals surface area contributed by atoms with Crippen LogP contribution in [0.3, 0.4) is 0 Å². The predicted octanol–water partition coefficient (Wildman–Crippen LogP) is 3.93. The summed E-state index contributed by atoms with van der Waals surface area (Å²) in [5.41, 5.74) is 2.02. The number of benzene rings is 2. The maximum atomic E-state index is 12.9. The monoisotopic (exact) mass is 305 g/mol. The molecule has 1 N–H and O–H groups in total. The molecule has 5 heteroatoms. The van der Waals surface area contributed by atoms with Gasteiger partial charge in [0.15, 0.2) is 11.5 Å². The van der Waals surface area contributed by atoms with Gasteiger partial charge in [-0.15, -0.1) is 11.8 Å². The summed E-state index contributed by atoms with van der Waals surface area (Å²) in [6.07, 6.45) is 2.03. The van der Waals surface area contributed by atoms with Crippen molar-refractivity contribution in [3.05, 3.63) is 47.8 Å². The smallest absolute Gasteiger partial charge is 0.162 e. The molecule has 1 aliphatic heterocycles. The summed E-state index contributed by atoms with van der Waals surface area (Å²) in [5.74, 6) is 1.36. The molecule has 0 unspecified atom stereocenters. The molecule has 1 heterocycles. The summed E-state index contributed by atoms with van der Waals surface area (Å²) in [4.78, 5) is 1.15. The molecule has 0 aliphatic carbocycles. The highest BCUT2D eigenvalue weighted by atomic mass is 32.2. The van der Waals surface area contributed by atoms with E-state index < -0.39 is 0 Å². The number of anilines is 1. The van der Waals surface area contributed by atoms with E-state index >= 15 is 0 Å². The van der Waals surface area contributed by atoms with Crippen LogP contribution in [0.1, 0.15) is 5.56 Å². The van der Waals surface area contributed by atoms with E-state index in [1.165, 1.54) is 12.1 Å². The van der Waals surface area contributed by atoms with E-state index in [0.29, 0.717) is 19.8 Å². The topological polar surface area (TPSA) is 30.5 Å². The Morgan fingerprint density at radius 1 is 1.10 bits per heavy atom. The largest absolute Gasteiger partial charge is 0.486 e. The molecule has 0 bridgehead atoms. The first-order valence-electron chi connectivity index (χ1n) is 6.72. The molecule has 0 atom stereocenters. The number of rotatable bonds is 4. The molecule has 0 amide bonds. The minimum Gasteiger partial charge on any atom is -0.486 e. The highest BCUT2D eigenvalue weighted by molar-refractivity contribution is 7.98. The number of thioether (sulfide) groups is 1. The molecule has 3 rings (SSSR count). The van der Waals surface area contributed by atoms with Crippen molar-refractivity contribution in [1.82, 2.24) is 0 Å². The van der Waals surface area contributed by atoms with Gasteiger partial charge in [0.05, 0.1) is 0 Å². The van der Waals surface area contributed by atoms with Gasteiger partial charge in [-0.05, 0) is 48.2 Å². The molecule has 0 radical (unpaired) electrons. The fraction of sp³-hybridized carbons (Fsp3) is 0.250. The van der Waals surface area contributed by atoms with Crippen LogP contribution >= 0.6 is 11.8 Å². The van der Waals surface area contributed by atoms with E-state index in [0.717, 1.165) is 27.6 Å². The molecule has 110 valence electrons. The fourth-order valence-electron chi connectivity index (χ4n) is 2.21. The molecule has 1 aliphatic rings. The number of hydrogen-bond donors (Lipinski definition) is 1. The molecular formula is C16H16FNO2S. The SMILES string of the molecule is CSc1cc2c(cc1CNc1ccc(F)cc1)OCCO2. The Morgan fingerprint density at radius 3 is 2.43 bits per heavy atom. The predicted molar refractivity (Wildman–Crippen MR) is 82.9 cm³/mol. The van der Waals surface area contributed by atoms with Crippen LogP contribution in [0, 0.1) is 5.82 Å². The Morgan fingerprint density at radius 2 is 1.76 bits per heavy atom. The lowest BCUT2D eigenvalue weighted by molar-refractivity contribution is 0.171. The number of nitrogens with one attached hydrogen (secondary N) is 1. The van der Waals surface area contributed by atoms with Crippen molar-refractivity contribution in [1.29, 1.82) is 0 Å². The molecule has 0 spiro atoms. The quantitative estimate of drug-likeness (QED) is 0.867. The molecule has 0 saturated carbocycles. The fourth-order valence-corrected chi connectivity index (χ4v) is 2.82. The van der Waals surface area contributed by atoms with E-state index in [4.69, 9.17) is 9.47 Å². The maximum Gasteiger partial charge on any atom is 0.162 e. The van der Waals surface area contributed by atoms with Gasteiger partial charge in [0.25, 0.3) is 0 Å². The second-order valence-corrected chi connectivity index (χ2v) is 5.52. The number of hydrogen-bond acceptors (Lipinski definition) is 4. The van der Waals surface area contributed by atoms with E-state index in [1.807, 2.05) is 18.4 Å².